The van der Waals surface area contributed by atoms with Crippen LogP contribution >= 0.6 is 0 Å². The van der Waals surface area contributed by atoms with E-state index in [1.807, 2.05) is 7.05 Å². The SMILES string of the molecule is CCCC1CCNC(C)(c2ccc(-c3ccccc3)c(C)c2)C1=NC. The molecule has 0 bridgehead atoms. The Balaban J connectivity index is 1.99. The molecule has 2 nitrogen and oxygen atoms in total. The van der Waals surface area contributed by atoms with Gasteiger partial charge in [-0.1, -0.05) is 61.9 Å². The summed E-state index contributed by atoms with van der Waals surface area (Å²) < 4.78 is 0. The van der Waals surface area contributed by atoms with Crippen LogP contribution in [0.15, 0.2) is 53.5 Å². The molecule has 132 valence electrons. The Bertz CT molecular complexity index is 746. The predicted octanol–water partition coefficient (Wildman–Crippen LogP) is 5.36. The molecular weight excluding hydrogens is 304 g/mol. The number of nitrogens with zero attached hydrogens (tertiary/aromatic N) is 1. The average Bonchev–Trinajstić information content (AvgIpc) is 2.63. The lowest BCUT2D eigenvalue weighted by atomic mass is 9.74. The van der Waals surface area contributed by atoms with Crippen molar-refractivity contribution in [3.8, 4) is 11.1 Å². The fraction of sp³-hybridized carbons (Fsp3) is 0.435. The van der Waals surface area contributed by atoms with Gasteiger partial charge in [-0.25, -0.2) is 0 Å². The summed E-state index contributed by atoms with van der Waals surface area (Å²) in [4.78, 5) is 4.74. The maximum Gasteiger partial charge on any atom is 0.0794 e. The highest BCUT2D eigenvalue weighted by atomic mass is 15.0. The van der Waals surface area contributed by atoms with Crippen LogP contribution < -0.4 is 5.32 Å². The molecule has 2 heteroatoms. The van der Waals surface area contributed by atoms with Gasteiger partial charge in [-0.15, -0.1) is 0 Å². The molecule has 2 unspecified atom stereocenters. The quantitative estimate of drug-likeness (QED) is 0.800. The van der Waals surface area contributed by atoms with Gasteiger partial charge in [0.15, 0.2) is 0 Å². The molecule has 2 aromatic rings. The van der Waals surface area contributed by atoms with Gasteiger partial charge in [0.1, 0.15) is 0 Å². The van der Waals surface area contributed by atoms with Gasteiger partial charge in [-0.05, 0) is 55.5 Å². The topological polar surface area (TPSA) is 24.4 Å². The number of hydrogen-bond donors (Lipinski definition) is 1. The van der Waals surface area contributed by atoms with Gasteiger partial charge in [0, 0.05) is 18.7 Å². The molecule has 1 heterocycles. The minimum absolute atomic E-state index is 0.160. The fourth-order valence-electron chi connectivity index (χ4n) is 4.33. The van der Waals surface area contributed by atoms with Crippen LogP contribution in [0.4, 0.5) is 0 Å². The third kappa shape index (κ3) is 3.41. The van der Waals surface area contributed by atoms with Crippen molar-refractivity contribution in [2.75, 3.05) is 13.6 Å². The summed E-state index contributed by atoms with van der Waals surface area (Å²) in [5.74, 6) is 0.593. The van der Waals surface area contributed by atoms with E-state index in [9.17, 15) is 0 Å². The van der Waals surface area contributed by atoms with E-state index in [1.165, 1.54) is 47.2 Å². The maximum absolute atomic E-state index is 4.74. The summed E-state index contributed by atoms with van der Waals surface area (Å²) in [5.41, 5.74) is 6.39. The first kappa shape index (κ1) is 17.9. The number of aliphatic imine (C=N–C) groups is 1. The second kappa shape index (κ2) is 7.53. The zero-order valence-corrected chi connectivity index (χ0v) is 16.0. The third-order valence-corrected chi connectivity index (χ3v) is 5.64. The summed E-state index contributed by atoms with van der Waals surface area (Å²) in [6.45, 7) is 7.84. The largest absolute Gasteiger partial charge is 0.303 e. The molecule has 0 saturated carbocycles. The summed E-state index contributed by atoms with van der Waals surface area (Å²) in [7, 11) is 1.95. The Morgan fingerprint density at radius 3 is 2.56 bits per heavy atom. The van der Waals surface area contributed by atoms with Crippen LogP contribution in [0.5, 0.6) is 0 Å². The molecule has 0 spiro atoms. The van der Waals surface area contributed by atoms with Gasteiger partial charge in [-0.3, -0.25) is 4.99 Å². The molecule has 1 fully saturated rings. The highest BCUT2D eigenvalue weighted by molar-refractivity contribution is 5.97. The van der Waals surface area contributed by atoms with Gasteiger partial charge in [0.2, 0.25) is 0 Å². The van der Waals surface area contributed by atoms with Crippen molar-refractivity contribution >= 4 is 5.71 Å². The van der Waals surface area contributed by atoms with E-state index in [1.54, 1.807) is 0 Å². The molecular formula is C23H30N2. The number of benzene rings is 2. The lowest BCUT2D eigenvalue weighted by molar-refractivity contribution is 0.377. The van der Waals surface area contributed by atoms with Crippen LogP contribution in [0, 0.1) is 12.8 Å². The molecule has 1 N–H and O–H groups in total. The van der Waals surface area contributed by atoms with Crippen molar-refractivity contribution in [3.05, 3.63) is 59.7 Å². The molecule has 1 saturated heterocycles. The summed E-state index contributed by atoms with van der Waals surface area (Å²) in [6.07, 6.45) is 3.63. The molecule has 1 aliphatic heterocycles. The van der Waals surface area contributed by atoms with Gasteiger partial charge in [0.25, 0.3) is 0 Å². The number of piperidine rings is 1. The van der Waals surface area contributed by atoms with E-state index in [2.05, 4.69) is 74.6 Å². The van der Waals surface area contributed by atoms with Crippen molar-refractivity contribution in [2.45, 2.75) is 45.6 Å². The van der Waals surface area contributed by atoms with Gasteiger partial charge in [-0.2, -0.15) is 0 Å². The number of nitrogens with one attached hydrogen (secondary N) is 1. The molecule has 3 rings (SSSR count). The number of hydrogen-bond acceptors (Lipinski definition) is 2. The Labute approximate surface area is 152 Å². The van der Waals surface area contributed by atoms with E-state index < -0.39 is 0 Å². The standard InChI is InChI=1S/C23H30N2/c1-5-9-19-14-15-25-23(3,22(19)24-4)20-12-13-21(17(2)16-20)18-10-7-6-8-11-18/h6-8,10-13,16,19,25H,5,9,14-15H2,1-4H3. The Hall–Kier alpha value is -1.93. The van der Waals surface area contributed by atoms with E-state index >= 15 is 0 Å². The van der Waals surface area contributed by atoms with Crippen molar-refractivity contribution < 1.29 is 0 Å². The van der Waals surface area contributed by atoms with Crippen molar-refractivity contribution in [1.29, 1.82) is 0 Å². The second-order valence-corrected chi connectivity index (χ2v) is 7.33. The van der Waals surface area contributed by atoms with E-state index in [0.29, 0.717) is 5.92 Å². The lowest BCUT2D eigenvalue weighted by Crippen LogP contribution is -2.54. The number of aryl methyl sites for hydroxylation is 1. The molecule has 25 heavy (non-hydrogen) atoms. The molecule has 0 aromatic heterocycles. The first-order valence-corrected chi connectivity index (χ1v) is 9.49. The summed E-state index contributed by atoms with van der Waals surface area (Å²) in [6, 6.07) is 17.5. The van der Waals surface area contributed by atoms with Crippen molar-refractivity contribution in [2.24, 2.45) is 10.9 Å². The summed E-state index contributed by atoms with van der Waals surface area (Å²) in [5, 5.41) is 3.76. The molecule has 0 amide bonds. The second-order valence-electron chi connectivity index (χ2n) is 7.33. The number of rotatable bonds is 4. The van der Waals surface area contributed by atoms with Crippen LogP contribution in [0.2, 0.25) is 0 Å². The minimum atomic E-state index is -0.160. The molecule has 2 atom stereocenters. The molecule has 2 aromatic carbocycles. The zero-order chi connectivity index (χ0) is 17.9. The van der Waals surface area contributed by atoms with Gasteiger partial charge < -0.3 is 5.32 Å². The zero-order valence-electron chi connectivity index (χ0n) is 16.0. The minimum Gasteiger partial charge on any atom is -0.303 e. The maximum atomic E-state index is 4.74. The van der Waals surface area contributed by atoms with Crippen LogP contribution in [-0.4, -0.2) is 19.3 Å². The van der Waals surface area contributed by atoms with E-state index in [0.717, 1.165) is 6.54 Å². The Morgan fingerprint density at radius 2 is 1.92 bits per heavy atom. The highest BCUT2D eigenvalue weighted by Gasteiger charge is 2.39. The van der Waals surface area contributed by atoms with Crippen molar-refractivity contribution in [1.82, 2.24) is 5.32 Å². The smallest absolute Gasteiger partial charge is 0.0794 e. The molecule has 0 aliphatic carbocycles. The van der Waals surface area contributed by atoms with E-state index in [4.69, 9.17) is 4.99 Å². The normalized spacial score (nSPS) is 25.3. The first-order chi connectivity index (χ1) is 12.1. The highest BCUT2D eigenvalue weighted by Crippen LogP contribution is 2.35. The Kier molecular flexibility index (Phi) is 5.39. The monoisotopic (exact) mass is 334 g/mol. The predicted molar refractivity (Wildman–Crippen MR) is 108 cm³/mol. The van der Waals surface area contributed by atoms with Gasteiger partial charge >= 0.3 is 0 Å². The van der Waals surface area contributed by atoms with Crippen LogP contribution in [0.25, 0.3) is 11.1 Å². The summed E-state index contributed by atoms with van der Waals surface area (Å²) >= 11 is 0. The van der Waals surface area contributed by atoms with E-state index in [-0.39, 0.29) is 5.54 Å². The van der Waals surface area contributed by atoms with Crippen LogP contribution in [0.1, 0.15) is 44.2 Å². The average molecular weight is 335 g/mol. The fourth-order valence-corrected chi connectivity index (χ4v) is 4.33. The third-order valence-electron chi connectivity index (χ3n) is 5.64. The van der Waals surface area contributed by atoms with Crippen molar-refractivity contribution in [3.63, 3.8) is 0 Å². The lowest BCUT2D eigenvalue weighted by Gasteiger charge is -2.41. The molecule has 0 radical (unpaired) electrons. The molecule has 1 aliphatic rings. The Morgan fingerprint density at radius 1 is 1.16 bits per heavy atom. The van der Waals surface area contributed by atoms with Crippen LogP contribution in [0.3, 0.4) is 0 Å². The van der Waals surface area contributed by atoms with Crippen LogP contribution in [-0.2, 0) is 5.54 Å². The van der Waals surface area contributed by atoms with Gasteiger partial charge in [0.05, 0.1) is 5.54 Å². The first-order valence-electron chi connectivity index (χ1n) is 9.49.